The van der Waals surface area contributed by atoms with Crippen LogP contribution in [0.15, 0.2) is 36.4 Å². The lowest BCUT2D eigenvalue weighted by Crippen LogP contribution is -2.11. The molecule has 0 amide bonds. The number of anilines is 2. The lowest BCUT2D eigenvalue weighted by Gasteiger charge is -2.09. The topological polar surface area (TPSA) is 179 Å². The average Bonchev–Trinajstić information content (AvgIpc) is 2.75. The lowest BCUT2D eigenvalue weighted by molar-refractivity contribution is -0.135. The Balaban J connectivity index is 1.61. The van der Waals surface area contributed by atoms with Gasteiger partial charge in [-0.2, -0.15) is 0 Å². The van der Waals surface area contributed by atoms with E-state index in [-0.39, 0.29) is 35.5 Å². The van der Waals surface area contributed by atoms with Gasteiger partial charge < -0.3 is 31.2 Å². The summed E-state index contributed by atoms with van der Waals surface area (Å²) in [6.45, 7) is 0. The van der Waals surface area contributed by atoms with Crippen molar-refractivity contribution in [1.29, 1.82) is 0 Å². The van der Waals surface area contributed by atoms with Gasteiger partial charge in [0.15, 0.2) is 0 Å². The first kappa shape index (κ1) is 26.2. The van der Waals surface area contributed by atoms with Gasteiger partial charge >= 0.3 is 23.9 Å². The van der Waals surface area contributed by atoms with E-state index in [1.54, 1.807) is 0 Å². The number of rotatable bonds is 13. The van der Waals surface area contributed by atoms with Crippen LogP contribution in [0.2, 0.25) is 0 Å². The first-order chi connectivity index (χ1) is 16.2. The minimum Gasteiger partial charge on any atom is -0.478 e. The van der Waals surface area contributed by atoms with E-state index in [2.05, 4.69) is 0 Å². The molecule has 2 aromatic carbocycles. The molecule has 0 spiro atoms. The van der Waals surface area contributed by atoms with Crippen molar-refractivity contribution in [1.82, 2.24) is 0 Å². The Morgan fingerprint density at radius 3 is 1.32 bits per heavy atom. The van der Waals surface area contributed by atoms with E-state index < -0.39 is 23.9 Å². The third kappa shape index (κ3) is 8.45. The fourth-order valence-electron chi connectivity index (χ4n) is 3.19. The lowest BCUT2D eigenvalue weighted by atomic mass is 10.1. The van der Waals surface area contributed by atoms with Gasteiger partial charge in [-0.25, -0.2) is 9.59 Å². The van der Waals surface area contributed by atoms with Gasteiger partial charge in [-0.3, -0.25) is 9.59 Å². The van der Waals surface area contributed by atoms with Crippen LogP contribution in [-0.4, -0.2) is 34.1 Å². The summed E-state index contributed by atoms with van der Waals surface area (Å²) in [5.74, 6) is -3.61. The molecule has 10 heteroatoms. The molecule has 0 aromatic heterocycles. The number of nitrogen functional groups attached to an aromatic ring is 2. The second kappa shape index (κ2) is 12.8. The van der Waals surface area contributed by atoms with Gasteiger partial charge in [0.1, 0.15) is 22.6 Å². The number of carbonyl (C=O) groups is 4. The number of aromatic carboxylic acids is 2. The van der Waals surface area contributed by atoms with Crippen molar-refractivity contribution < 1.29 is 38.9 Å². The number of benzene rings is 2. The van der Waals surface area contributed by atoms with Gasteiger partial charge in [0.05, 0.1) is 0 Å². The second-order valence-corrected chi connectivity index (χ2v) is 7.69. The molecule has 0 saturated carbocycles. The molecule has 0 saturated heterocycles. The van der Waals surface area contributed by atoms with E-state index in [0.717, 1.165) is 25.7 Å². The zero-order chi connectivity index (χ0) is 25.1. The van der Waals surface area contributed by atoms with Crippen molar-refractivity contribution in [3.63, 3.8) is 0 Å². The number of nitrogens with two attached hydrogens (primary N) is 2. The molecule has 6 N–H and O–H groups in total. The van der Waals surface area contributed by atoms with Crippen molar-refractivity contribution in [2.45, 2.75) is 51.4 Å². The number of carboxylic acids is 2. The van der Waals surface area contributed by atoms with E-state index in [0.29, 0.717) is 24.2 Å². The summed E-state index contributed by atoms with van der Waals surface area (Å²) < 4.78 is 10.3. The van der Waals surface area contributed by atoms with Gasteiger partial charge in [0, 0.05) is 36.3 Å². The number of carboxylic acid groups (broad SMARTS) is 2. The highest BCUT2D eigenvalue weighted by Crippen LogP contribution is 2.24. The van der Waals surface area contributed by atoms with Gasteiger partial charge in [-0.15, -0.1) is 0 Å². The summed E-state index contributed by atoms with van der Waals surface area (Å²) in [4.78, 5) is 46.4. The maximum Gasteiger partial charge on any atom is 0.339 e. The van der Waals surface area contributed by atoms with E-state index in [1.165, 1.54) is 36.4 Å². The molecule has 10 nitrogen and oxygen atoms in total. The molecule has 0 unspecified atom stereocenters. The van der Waals surface area contributed by atoms with Crippen molar-refractivity contribution in [2.75, 3.05) is 11.5 Å². The van der Waals surface area contributed by atoms with Gasteiger partial charge in [-0.05, 0) is 37.1 Å². The number of hydrogen-bond acceptors (Lipinski definition) is 8. The Bertz CT molecular complexity index is 968. The molecular weight excluding hydrogens is 444 g/mol. The van der Waals surface area contributed by atoms with Gasteiger partial charge in [0.2, 0.25) is 0 Å². The standard InChI is InChI=1S/C24H28N2O8/c25-15-9-11-17(23(29)30)19(13-15)33-21(27)7-5-3-1-2-4-6-8-22(28)34-20-14-16(26)10-12-18(20)24(31)32/h9-14H,1-8,25-26H2,(H,29,30)(H,31,32). The van der Waals surface area contributed by atoms with Crippen molar-refractivity contribution in [3.8, 4) is 11.5 Å². The molecule has 34 heavy (non-hydrogen) atoms. The molecule has 0 fully saturated rings. The molecule has 0 aliphatic carbocycles. The zero-order valence-corrected chi connectivity index (χ0v) is 18.6. The van der Waals surface area contributed by atoms with Gasteiger partial charge in [0.25, 0.3) is 0 Å². The predicted octanol–water partition coefficient (Wildman–Crippen LogP) is 3.88. The maximum absolute atomic E-state index is 12.0. The molecule has 0 radical (unpaired) electrons. The molecule has 2 aromatic rings. The monoisotopic (exact) mass is 472 g/mol. The summed E-state index contributed by atoms with van der Waals surface area (Å²) in [7, 11) is 0. The number of carbonyl (C=O) groups excluding carboxylic acids is 2. The Kier molecular flexibility index (Phi) is 9.88. The van der Waals surface area contributed by atoms with Crippen LogP contribution in [-0.2, 0) is 9.59 Å². The quantitative estimate of drug-likeness (QED) is 0.145. The number of ether oxygens (including phenoxy) is 2. The minimum atomic E-state index is -1.21. The third-order valence-corrected chi connectivity index (χ3v) is 4.93. The first-order valence-corrected chi connectivity index (χ1v) is 10.8. The maximum atomic E-state index is 12.0. The van der Waals surface area contributed by atoms with Crippen LogP contribution in [0, 0.1) is 0 Å². The Morgan fingerprint density at radius 2 is 0.971 bits per heavy atom. The van der Waals surface area contributed by atoms with Crippen LogP contribution < -0.4 is 20.9 Å². The largest absolute Gasteiger partial charge is 0.478 e. The zero-order valence-electron chi connectivity index (χ0n) is 18.6. The minimum absolute atomic E-state index is 0.0712. The average molecular weight is 472 g/mol. The summed E-state index contributed by atoms with van der Waals surface area (Å²) >= 11 is 0. The van der Waals surface area contributed by atoms with Crippen molar-refractivity contribution in [2.24, 2.45) is 0 Å². The molecule has 182 valence electrons. The summed E-state index contributed by atoms with van der Waals surface area (Å²) in [5.41, 5.74) is 11.6. The highest BCUT2D eigenvalue weighted by Gasteiger charge is 2.16. The predicted molar refractivity (Wildman–Crippen MR) is 124 cm³/mol. The van der Waals surface area contributed by atoms with Crippen LogP contribution in [0.3, 0.4) is 0 Å². The molecule has 0 bridgehead atoms. The van der Waals surface area contributed by atoms with Crippen molar-refractivity contribution in [3.05, 3.63) is 47.5 Å². The third-order valence-electron chi connectivity index (χ3n) is 4.93. The van der Waals surface area contributed by atoms with Crippen LogP contribution in [0.5, 0.6) is 11.5 Å². The number of unbranched alkanes of at least 4 members (excludes halogenated alkanes) is 5. The number of hydrogen-bond donors (Lipinski definition) is 4. The normalized spacial score (nSPS) is 10.5. The smallest absolute Gasteiger partial charge is 0.339 e. The second-order valence-electron chi connectivity index (χ2n) is 7.69. The van der Waals surface area contributed by atoms with Gasteiger partial charge in [-0.1, -0.05) is 25.7 Å². The van der Waals surface area contributed by atoms with E-state index in [9.17, 15) is 19.2 Å². The van der Waals surface area contributed by atoms with Crippen LogP contribution in [0.4, 0.5) is 11.4 Å². The Morgan fingerprint density at radius 1 is 0.618 bits per heavy atom. The number of esters is 2. The van der Waals surface area contributed by atoms with Crippen LogP contribution in [0.1, 0.15) is 72.1 Å². The Hall–Kier alpha value is -4.08. The Labute approximate surface area is 196 Å². The summed E-state index contributed by atoms with van der Waals surface area (Å²) in [6, 6.07) is 8.03. The van der Waals surface area contributed by atoms with Crippen molar-refractivity contribution >= 4 is 35.3 Å². The fraction of sp³-hybridized carbons (Fsp3) is 0.333. The highest BCUT2D eigenvalue weighted by molar-refractivity contribution is 5.93. The molecule has 0 aliphatic rings. The highest BCUT2D eigenvalue weighted by atomic mass is 16.5. The molecular formula is C24H28N2O8. The SMILES string of the molecule is Nc1ccc(C(=O)O)c(OC(=O)CCCCCCCCC(=O)Oc2cc(N)ccc2C(=O)O)c1. The molecule has 0 aliphatic heterocycles. The molecule has 0 atom stereocenters. The molecule has 0 heterocycles. The van der Waals surface area contributed by atoms with Crippen LogP contribution >= 0.6 is 0 Å². The fourth-order valence-corrected chi connectivity index (χ4v) is 3.19. The van der Waals surface area contributed by atoms with Crippen LogP contribution in [0.25, 0.3) is 0 Å². The summed E-state index contributed by atoms with van der Waals surface area (Å²) in [6.07, 6.45) is 4.69. The molecule has 2 rings (SSSR count). The first-order valence-electron chi connectivity index (χ1n) is 10.8. The van der Waals surface area contributed by atoms with E-state index in [4.69, 9.17) is 31.2 Å². The van der Waals surface area contributed by atoms with E-state index in [1.807, 2.05) is 0 Å². The summed E-state index contributed by atoms with van der Waals surface area (Å²) in [5, 5.41) is 18.3. The van der Waals surface area contributed by atoms with E-state index >= 15 is 0 Å².